The van der Waals surface area contributed by atoms with Gasteiger partial charge in [0.25, 0.3) is 0 Å². The van der Waals surface area contributed by atoms with E-state index in [9.17, 15) is 9.00 Å². The molecule has 106 valence electrons. The van der Waals surface area contributed by atoms with E-state index in [2.05, 4.69) is 5.32 Å². The molecule has 0 bridgehead atoms. The lowest BCUT2D eigenvalue weighted by Gasteiger charge is -2.09. The molecule has 0 aliphatic rings. The lowest BCUT2D eigenvalue weighted by molar-refractivity contribution is -0.116. The summed E-state index contributed by atoms with van der Waals surface area (Å²) < 4.78 is 11.4. The molecular formula is C14H22N2O2S. The number of rotatable bonds is 7. The van der Waals surface area contributed by atoms with Crippen molar-refractivity contribution in [1.29, 1.82) is 0 Å². The minimum Gasteiger partial charge on any atom is -0.399 e. The summed E-state index contributed by atoms with van der Waals surface area (Å²) in [4.78, 5) is 11.7. The molecule has 0 heterocycles. The van der Waals surface area contributed by atoms with Crippen LogP contribution in [0, 0.1) is 6.92 Å². The van der Waals surface area contributed by atoms with Gasteiger partial charge in [0.2, 0.25) is 5.91 Å². The van der Waals surface area contributed by atoms with Crippen molar-refractivity contribution in [3.05, 3.63) is 23.8 Å². The minimum atomic E-state index is -0.787. The number of benzene rings is 1. The second-order valence-corrected chi connectivity index (χ2v) is 6.27. The summed E-state index contributed by atoms with van der Waals surface area (Å²) in [6.07, 6.45) is 1.98. The van der Waals surface area contributed by atoms with Crippen molar-refractivity contribution in [2.45, 2.75) is 33.1 Å². The van der Waals surface area contributed by atoms with Crippen LogP contribution in [-0.4, -0.2) is 21.6 Å². The van der Waals surface area contributed by atoms with Crippen molar-refractivity contribution in [2.75, 3.05) is 22.6 Å². The Kier molecular flexibility index (Phi) is 6.56. The molecule has 0 saturated carbocycles. The fraction of sp³-hybridized carbons (Fsp3) is 0.500. The van der Waals surface area contributed by atoms with Crippen LogP contribution in [0.4, 0.5) is 11.4 Å². The molecule has 0 aliphatic carbocycles. The fourth-order valence-electron chi connectivity index (χ4n) is 1.76. The first kappa shape index (κ1) is 15.7. The zero-order valence-electron chi connectivity index (χ0n) is 11.6. The number of carbonyl (C=O) groups excluding carboxylic acids is 1. The van der Waals surface area contributed by atoms with Gasteiger partial charge in [-0.1, -0.05) is 6.92 Å². The van der Waals surface area contributed by atoms with Gasteiger partial charge < -0.3 is 11.1 Å². The quantitative estimate of drug-likeness (QED) is 0.755. The van der Waals surface area contributed by atoms with E-state index in [1.807, 2.05) is 19.9 Å². The second kappa shape index (κ2) is 7.94. The maximum absolute atomic E-state index is 11.7. The van der Waals surface area contributed by atoms with E-state index in [1.54, 1.807) is 12.1 Å². The van der Waals surface area contributed by atoms with Gasteiger partial charge in [-0.05, 0) is 43.5 Å². The SMILES string of the molecule is CCCS(=O)CCCC(=O)Nc1ccc(N)cc1C. The smallest absolute Gasteiger partial charge is 0.224 e. The molecule has 1 rings (SSSR count). The maximum atomic E-state index is 11.7. The van der Waals surface area contributed by atoms with E-state index in [0.717, 1.165) is 23.4 Å². The third kappa shape index (κ3) is 5.87. The highest BCUT2D eigenvalue weighted by molar-refractivity contribution is 7.84. The number of amides is 1. The van der Waals surface area contributed by atoms with Gasteiger partial charge in [0, 0.05) is 40.1 Å². The Balaban J connectivity index is 2.37. The Hall–Kier alpha value is -1.36. The Morgan fingerprint density at radius 1 is 1.37 bits per heavy atom. The molecule has 3 N–H and O–H groups in total. The van der Waals surface area contributed by atoms with Crippen molar-refractivity contribution in [2.24, 2.45) is 0 Å². The maximum Gasteiger partial charge on any atom is 0.224 e. The van der Waals surface area contributed by atoms with Crippen molar-refractivity contribution >= 4 is 28.1 Å². The van der Waals surface area contributed by atoms with E-state index < -0.39 is 10.8 Å². The van der Waals surface area contributed by atoms with Crippen LogP contribution >= 0.6 is 0 Å². The van der Waals surface area contributed by atoms with Crippen molar-refractivity contribution < 1.29 is 9.00 Å². The van der Waals surface area contributed by atoms with Crippen molar-refractivity contribution in [3.8, 4) is 0 Å². The van der Waals surface area contributed by atoms with Crippen LogP contribution < -0.4 is 11.1 Å². The molecule has 0 radical (unpaired) electrons. The number of nitrogen functional groups attached to an aromatic ring is 1. The van der Waals surface area contributed by atoms with Gasteiger partial charge in [-0.25, -0.2) is 0 Å². The predicted molar refractivity (Wildman–Crippen MR) is 81.6 cm³/mol. The molecule has 19 heavy (non-hydrogen) atoms. The third-order valence-electron chi connectivity index (χ3n) is 2.73. The highest BCUT2D eigenvalue weighted by atomic mass is 32.2. The molecule has 0 spiro atoms. The van der Waals surface area contributed by atoms with E-state index >= 15 is 0 Å². The van der Waals surface area contributed by atoms with Crippen LogP contribution in [0.5, 0.6) is 0 Å². The van der Waals surface area contributed by atoms with Crippen LogP contribution in [0.15, 0.2) is 18.2 Å². The zero-order valence-corrected chi connectivity index (χ0v) is 12.4. The van der Waals surface area contributed by atoms with Gasteiger partial charge in [0.15, 0.2) is 0 Å². The van der Waals surface area contributed by atoms with Gasteiger partial charge in [-0.2, -0.15) is 0 Å². The van der Waals surface area contributed by atoms with Gasteiger partial charge in [-0.3, -0.25) is 9.00 Å². The first-order chi connectivity index (χ1) is 9.02. The summed E-state index contributed by atoms with van der Waals surface area (Å²) in [5, 5.41) is 2.85. The topological polar surface area (TPSA) is 72.2 Å². The molecule has 1 unspecified atom stereocenters. The number of aryl methyl sites for hydroxylation is 1. The number of hydrogen-bond donors (Lipinski definition) is 2. The monoisotopic (exact) mass is 282 g/mol. The molecule has 0 fully saturated rings. The van der Waals surface area contributed by atoms with E-state index in [4.69, 9.17) is 5.73 Å². The first-order valence-corrected chi connectivity index (χ1v) is 8.02. The lowest BCUT2D eigenvalue weighted by atomic mass is 10.1. The van der Waals surface area contributed by atoms with Gasteiger partial charge >= 0.3 is 0 Å². The zero-order chi connectivity index (χ0) is 14.3. The van der Waals surface area contributed by atoms with Gasteiger partial charge in [0.1, 0.15) is 0 Å². The average molecular weight is 282 g/mol. The number of hydrogen-bond acceptors (Lipinski definition) is 3. The summed E-state index contributed by atoms with van der Waals surface area (Å²) in [7, 11) is -0.787. The van der Waals surface area contributed by atoms with Crippen LogP contribution in [0.2, 0.25) is 0 Å². The number of anilines is 2. The predicted octanol–water partition coefficient (Wildman–Crippen LogP) is 2.45. The third-order valence-corrected chi connectivity index (χ3v) is 4.34. The molecule has 1 aromatic rings. The molecule has 4 nitrogen and oxygen atoms in total. The van der Waals surface area contributed by atoms with E-state index in [1.165, 1.54) is 0 Å². The molecule has 0 saturated heterocycles. The summed E-state index contributed by atoms with van der Waals surface area (Å²) in [6.45, 7) is 3.91. The molecule has 0 aliphatic heterocycles. The van der Waals surface area contributed by atoms with Crippen LogP contribution in [0.3, 0.4) is 0 Å². The second-order valence-electron chi connectivity index (χ2n) is 4.57. The molecule has 5 heteroatoms. The number of nitrogens with two attached hydrogens (primary N) is 1. The Bertz CT molecular complexity index is 461. The molecule has 1 amide bonds. The van der Waals surface area contributed by atoms with E-state index in [0.29, 0.717) is 24.3 Å². The van der Waals surface area contributed by atoms with Crippen LogP contribution in [0.1, 0.15) is 31.7 Å². The van der Waals surface area contributed by atoms with Crippen LogP contribution in [-0.2, 0) is 15.6 Å². The summed E-state index contributed by atoms with van der Waals surface area (Å²) in [5.41, 5.74) is 8.07. The summed E-state index contributed by atoms with van der Waals surface area (Å²) >= 11 is 0. The minimum absolute atomic E-state index is 0.0404. The fourth-order valence-corrected chi connectivity index (χ4v) is 2.89. The summed E-state index contributed by atoms with van der Waals surface area (Å²) in [5.74, 6) is 1.28. The number of nitrogens with one attached hydrogen (secondary N) is 1. The van der Waals surface area contributed by atoms with Crippen LogP contribution in [0.25, 0.3) is 0 Å². The molecule has 0 aromatic heterocycles. The largest absolute Gasteiger partial charge is 0.399 e. The van der Waals surface area contributed by atoms with Crippen molar-refractivity contribution in [1.82, 2.24) is 0 Å². The summed E-state index contributed by atoms with van der Waals surface area (Å²) in [6, 6.07) is 5.39. The molecule has 1 atom stereocenters. The Morgan fingerprint density at radius 2 is 2.11 bits per heavy atom. The van der Waals surface area contributed by atoms with Gasteiger partial charge in [-0.15, -0.1) is 0 Å². The average Bonchev–Trinajstić information content (AvgIpc) is 2.33. The lowest BCUT2D eigenvalue weighted by Crippen LogP contribution is -2.14. The molecular weight excluding hydrogens is 260 g/mol. The van der Waals surface area contributed by atoms with Gasteiger partial charge in [0.05, 0.1) is 0 Å². The standard InChI is InChI=1S/C14H22N2O2S/c1-3-8-19(18)9-4-5-14(17)16-13-7-6-12(15)10-11(13)2/h6-7,10H,3-5,8-9,15H2,1-2H3,(H,16,17). The van der Waals surface area contributed by atoms with E-state index in [-0.39, 0.29) is 5.91 Å². The Labute approximate surface area is 117 Å². The highest BCUT2D eigenvalue weighted by Crippen LogP contribution is 2.17. The first-order valence-electron chi connectivity index (χ1n) is 6.54. The highest BCUT2D eigenvalue weighted by Gasteiger charge is 2.06. The normalized spacial score (nSPS) is 12.1. The molecule has 1 aromatic carbocycles. The van der Waals surface area contributed by atoms with Crippen molar-refractivity contribution in [3.63, 3.8) is 0 Å². The Morgan fingerprint density at radius 3 is 2.74 bits per heavy atom. The number of carbonyl (C=O) groups is 1.